The normalized spacial score (nSPS) is 11.9. The van der Waals surface area contributed by atoms with Gasteiger partial charge in [0.05, 0.1) is 16.1 Å². The molecule has 0 fully saturated rings. The molecule has 28 heavy (non-hydrogen) atoms. The number of nitrogens with one attached hydrogen (secondary N) is 1. The summed E-state index contributed by atoms with van der Waals surface area (Å²) in [5.74, 6) is 0. The molecule has 134 valence electrons. The van der Waals surface area contributed by atoms with E-state index in [1.807, 2.05) is 11.3 Å². The quantitative estimate of drug-likeness (QED) is 0.299. The first kappa shape index (κ1) is 15.9. The molecule has 2 heterocycles. The van der Waals surface area contributed by atoms with Crippen molar-refractivity contribution in [3.63, 3.8) is 0 Å². The van der Waals surface area contributed by atoms with Gasteiger partial charge in [-0.1, -0.05) is 66.7 Å². The Hall–Kier alpha value is -3.10. The summed E-state index contributed by atoms with van der Waals surface area (Å²) in [5, 5.41) is 7.93. The van der Waals surface area contributed by atoms with Gasteiger partial charge in [-0.3, -0.25) is 0 Å². The van der Waals surface area contributed by atoms with Gasteiger partial charge >= 0.3 is 0 Å². The van der Waals surface area contributed by atoms with Gasteiger partial charge in [0.2, 0.25) is 0 Å². The van der Waals surface area contributed by atoms with Crippen LogP contribution in [0, 0.1) is 13.8 Å². The van der Waals surface area contributed by atoms with Crippen molar-refractivity contribution in [3.05, 3.63) is 83.9 Å². The van der Waals surface area contributed by atoms with Crippen LogP contribution in [0.25, 0.3) is 53.1 Å². The smallest absolute Gasteiger partial charge is 0.0599 e. The molecule has 0 saturated heterocycles. The summed E-state index contributed by atoms with van der Waals surface area (Å²) in [6.07, 6.45) is 0. The van der Waals surface area contributed by atoms with E-state index in [0.29, 0.717) is 0 Å². The molecular formula is C26H19NS. The summed E-state index contributed by atoms with van der Waals surface area (Å²) in [7, 11) is 0. The third-order valence-electron chi connectivity index (χ3n) is 6.00. The molecule has 4 aromatic carbocycles. The summed E-state index contributed by atoms with van der Waals surface area (Å²) < 4.78 is 1.36. The number of benzene rings is 4. The van der Waals surface area contributed by atoms with Crippen LogP contribution in [0.2, 0.25) is 0 Å². The molecule has 1 nitrogen and oxygen atoms in total. The second-order valence-electron chi connectivity index (χ2n) is 7.55. The van der Waals surface area contributed by atoms with E-state index in [0.717, 1.165) is 0 Å². The standard InChI is InChI=1S/C26H19NS/c1-15-19-13-11-18-8-4-6-10-21(18)25(19)27-24(15)26-16(2)23-20-9-5-3-7-17(20)12-14-22(23)28-26/h3-14,27H,1-2H3. The lowest BCUT2D eigenvalue weighted by Gasteiger charge is -2.02. The maximum Gasteiger partial charge on any atom is 0.0599 e. The highest BCUT2D eigenvalue weighted by Crippen LogP contribution is 2.44. The molecular weight excluding hydrogens is 358 g/mol. The van der Waals surface area contributed by atoms with E-state index in [4.69, 9.17) is 0 Å². The number of aryl methyl sites for hydroxylation is 2. The zero-order valence-electron chi connectivity index (χ0n) is 15.8. The fraction of sp³-hybridized carbons (Fsp3) is 0.0769. The molecule has 0 unspecified atom stereocenters. The fourth-order valence-electron chi connectivity index (χ4n) is 4.56. The van der Waals surface area contributed by atoms with E-state index in [1.165, 1.54) is 64.2 Å². The predicted molar refractivity (Wildman–Crippen MR) is 124 cm³/mol. The van der Waals surface area contributed by atoms with E-state index in [1.54, 1.807) is 0 Å². The van der Waals surface area contributed by atoms with Gasteiger partial charge in [-0.15, -0.1) is 11.3 Å². The maximum absolute atomic E-state index is 3.78. The van der Waals surface area contributed by atoms with Crippen molar-refractivity contribution in [2.75, 3.05) is 0 Å². The highest BCUT2D eigenvalue weighted by molar-refractivity contribution is 7.22. The van der Waals surface area contributed by atoms with E-state index < -0.39 is 0 Å². The van der Waals surface area contributed by atoms with Crippen molar-refractivity contribution in [1.29, 1.82) is 0 Å². The number of rotatable bonds is 1. The molecule has 2 aromatic heterocycles. The number of hydrogen-bond acceptors (Lipinski definition) is 1. The van der Waals surface area contributed by atoms with Crippen LogP contribution in [0.15, 0.2) is 72.8 Å². The number of hydrogen-bond donors (Lipinski definition) is 1. The molecule has 0 aliphatic carbocycles. The molecule has 0 bridgehead atoms. The Morgan fingerprint density at radius 1 is 0.643 bits per heavy atom. The third-order valence-corrected chi connectivity index (χ3v) is 7.28. The number of aromatic nitrogens is 1. The molecule has 6 rings (SSSR count). The largest absolute Gasteiger partial charge is 0.353 e. The number of H-pyrrole nitrogens is 1. The van der Waals surface area contributed by atoms with Crippen molar-refractivity contribution in [3.8, 4) is 10.6 Å². The lowest BCUT2D eigenvalue weighted by atomic mass is 10.0. The van der Waals surface area contributed by atoms with E-state index in [-0.39, 0.29) is 0 Å². The Morgan fingerprint density at radius 2 is 1.32 bits per heavy atom. The predicted octanol–water partition coefficient (Wildman–Crippen LogP) is 7.97. The van der Waals surface area contributed by atoms with Crippen LogP contribution in [0.3, 0.4) is 0 Å². The lowest BCUT2D eigenvalue weighted by molar-refractivity contribution is 1.42. The molecule has 0 aliphatic rings. The molecule has 6 aromatic rings. The Morgan fingerprint density at radius 3 is 2.14 bits per heavy atom. The summed E-state index contributed by atoms with van der Waals surface area (Å²) in [6, 6.07) is 26.3. The molecule has 0 saturated carbocycles. The summed E-state index contributed by atoms with van der Waals surface area (Å²) in [6.45, 7) is 4.51. The SMILES string of the molecule is Cc1c(-c2sc3ccc4ccccc4c3c2C)[nH]c2c1ccc1ccccc12. The third kappa shape index (κ3) is 2.07. The Kier molecular flexibility index (Phi) is 3.24. The molecule has 0 spiro atoms. The monoisotopic (exact) mass is 377 g/mol. The molecule has 0 amide bonds. The van der Waals surface area contributed by atoms with Crippen LogP contribution < -0.4 is 0 Å². The number of thiophene rings is 1. The van der Waals surface area contributed by atoms with E-state index in [9.17, 15) is 0 Å². The molecule has 0 atom stereocenters. The maximum atomic E-state index is 3.78. The van der Waals surface area contributed by atoms with E-state index >= 15 is 0 Å². The number of fused-ring (bicyclic) bond motifs is 6. The van der Waals surface area contributed by atoms with Crippen LogP contribution in [0.1, 0.15) is 11.1 Å². The van der Waals surface area contributed by atoms with Gasteiger partial charge in [-0.05, 0) is 47.2 Å². The van der Waals surface area contributed by atoms with Gasteiger partial charge < -0.3 is 4.98 Å². The second kappa shape index (κ2) is 5.70. The van der Waals surface area contributed by atoms with Gasteiger partial charge in [-0.25, -0.2) is 0 Å². The minimum Gasteiger partial charge on any atom is -0.353 e. The van der Waals surface area contributed by atoms with Crippen LogP contribution in [0.4, 0.5) is 0 Å². The van der Waals surface area contributed by atoms with Crippen LogP contribution >= 0.6 is 11.3 Å². The zero-order valence-corrected chi connectivity index (χ0v) is 16.7. The van der Waals surface area contributed by atoms with Gasteiger partial charge in [0.25, 0.3) is 0 Å². The van der Waals surface area contributed by atoms with Gasteiger partial charge in [-0.2, -0.15) is 0 Å². The topological polar surface area (TPSA) is 15.8 Å². The van der Waals surface area contributed by atoms with Crippen LogP contribution in [-0.2, 0) is 0 Å². The van der Waals surface area contributed by atoms with Gasteiger partial charge in [0, 0.05) is 20.9 Å². The number of aromatic amines is 1. The summed E-state index contributed by atoms with van der Waals surface area (Å²) >= 11 is 1.90. The first-order valence-electron chi connectivity index (χ1n) is 9.63. The highest BCUT2D eigenvalue weighted by Gasteiger charge is 2.18. The van der Waals surface area contributed by atoms with Gasteiger partial charge in [0.15, 0.2) is 0 Å². The Balaban J connectivity index is 1.70. The first-order valence-corrected chi connectivity index (χ1v) is 10.5. The van der Waals surface area contributed by atoms with Crippen molar-refractivity contribution in [2.24, 2.45) is 0 Å². The Bertz CT molecular complexity index is 1530. The molecule has 0 radical (unpaired) electrons. The average Bonchev–Trinajstić information content (AvgIpc) is 3.25. The van der Waals surface area contributed by atoms with Crippen molar-refractivity contribution in [1.82, 2.24) is 4.98 Å². The minimum absolute atomic E-state index is 1.24. The van der Waals surface area contributed by atoms with Crippen molar-refractivity contribution in [2.45, 2.75) is 13.8 Å². The molecule has 0 aliphatic heterocycles. The minimum atomic E-state index is 1.24. The zero-order chi connectivity index (χ0) is 18.8. The van der Waals surface area contributed by atoms with Crippen LogP contribution in [0.5, 0.6) is 0 Å². The molecule has 2 heteroatoms. The van der Waals surface area contributed by atoms with Gasteiger partial charge in [0.1, 0.15) is 0 Å². The Labute approximate surface area is 167 Å². The van der Waals surface area contributed by atoms with Crippen molar-refractivity contribution >= 4 is 53.9 Å². The van der Waals surface area contributed by atoms with Crippen molar-refractivity contribution < 1.29 is 0 Å². The first-order chi connectivity index (χ1) is 13.7. The fourth-order valence-corrected chi connectivity index (χ4v) is 5.84. The summed E-state index contributed by atoms with van der Waals surface area (Å²) in [5.41, 5.74) is 5.21. The summed E-state index contributed by atoms with van der Waals surface area (Å²) in [4.78, 5) is 5.13. The van der Waals surface area contributed by atoms with E-state index in [2.05, 4.69) is 91.6 Å². The molecule has 1 N–H and O–H groups in total. The highest BCUT2D eigenvalue weighted by atomic mass is 32.1. The second-order valence-corrected chi connectivity index (χ2v) is 8.60. The van der Waals surface area contributed by atoms with Crippen LogP contribution in [-0.4, -0.2) is 4.98 Å². The lowest BCUT2D eigenvalue weighted by Crippen LogP contribution is -1.80. The average molecular weight is 378 g/mol.